The monoisotopic (exact) mass is 428 g/mol. The van der Waals surface area contributed by atoms with Gasteiger partial charge in [0.15, 0.2) is 6.61 Å². The van der Waals surface area contributed by atoms with Crippen LogP contribution >= 0.6 is 0 Å². The van der Waals surface area contributed by atoms with Gasteiger partial charge in [0.25, 0.3) is 5.91 Å². The van der Waals surface area contributed by atoms with Crippen LogP contribution in [0.15, 0.2) is 24.3 Å². The molecular formula is C23H28N2O6. The van der Waals surface area contributed by atoms with Gasteiger partial charge in [-0.05, 0) is 61.3 Å². The number of anilines is 1. The summed E-state index contributed by atoms with van der Waals surface area (Å²) in [5.74, 6) is -1.49. The topological polar surface area (TPSA) is 102 Å². The van der Waals surface area contributed by atoms with Crippen molar-refractivity contribution in [2.45, 2.75) is 39.2 Å². The molecule has 3 fully saturated rings. The predicted molar refractivity (Wildman–Crippen MR) is 111 cm³/mol. The Morgan fingerprint density at radius 3 is 2.16 bits per heavy atom. The highest BCUT2D eigenvalue weighted by atomic mass is 16.5. The number of nitrogens with zero attached hydrogens (tertiary/aromatic N) is 1. The van der Waals surface area contributed by atoms with Crippen LogP contribution in [0, 0.1) is 29.6 Å². The number of carbonyl (C=O) groups excluding carboxylic acids is 4. The summed E-state index contributed by atoms with van der Waals surface area (Å²) in [6.45, 7) is 3.04. The van der Waals surface area contributed by atoms with Crippen molar-refractivity contribution in [3.63, 3.8) is 0 Å². The average Bonchev–Trinajstić information content (AvgIpc) is 3.42. The van der Waals surface area contributed by atoms with E-state index in [1.807, 2.05) is 0 Å². The van der Waals surface area contributed by atoms with Crippen LogP contribution in [-0.4, -0.2) is 48.3 Å². The molecule has 2 saturated carbocycles. The number of ether oxygens (including phenoxy) is 2. The maximum absolute atomic E-state index is 13.1. The molecule has 3 aliphatic rings. The summed E-state index contributed by atoms with van der Waals surface area (Å²) >= 11 is 0. The summed E-state index contributed by atoms with van der Waals surface area (Å²) in [7, 11) is 1.55. The second kappa shape index (κ2) is 8.32. The fraction of sp³-hybridized carbons (Fsp3) is 0.565. The maximum Gasteiger partial charge on any atom is 0.330 e. The first-order valence-electron chi connectivity index (χ1n) is 10.8. The molecule has 31 heavy (non-hydrogen) atoms. The molecule has 1 saturated heterocycles. The Morgan fingerprint density at radius 2 is 1.65 bits per heavy atom. The molecule has 166 valence electrons. The molecule has 1 aromatic carbocycles. The van der Waals surface area contributed by atoms with Gasteiger partial charge in [-0.25, -0.2) is 4.79 Å². The lowest BCUT2D eigenvalue weighted by Crippen LogP contribution is -2.50. The lowest BCUT2D eigenvalue weighted by molar-refractivity contribution is -0.162. The van der Waals surface area contributed by atoms with Gasteiger partial charge in [-0.2, -0.15) is 0 Å². The molecule has 0 spiro atoms. The van der Waals surface area contributed by atoms with E-state index in [-0.39, 0.29) is 41.4 Å². The van der Waals surface area contributed by atoms with Gasteiger partial charge in [0.1, 0.15) is 11.8 Å². The summed E-state index contributed by atoms with van der Waals surface area (Å²) in [6.07, 6.45) is 2.88. The van der Waals surface area contributed by atoms with Gasteiger partial charge < -0.3 is 14.8 Å². The van der Waals surface area contributed by atoms with Crippen molar-refractivity contribution in [1.29, 1.82) is 0 Å². The van der Waals surface area contributed by atoms with E-state index < -0.39 is 24.5 Å². The van der Waals surface area contributed by atoms with Crippen LogP contribution in [0.3, 0.4) is 0 Å². The number of esters is 1. The van der Waals surface area contributed by atoms with Crippen molar-refractivity contribution in [2.75, 3.05) is 19.0 Å². The van der Waals surface area contributed by atoms with Crippen molar-refractivity contribution in [3.05, 3.63) is 24.3 Å². The zero-order chi connectivity index (χ0) is 22.3. The largest absolute Gasteiger partial charge is 0.497 e. The van der Waals surface area contributed by atoms with E-state index >= 15 is 0 Å². The normalized spacial score (nSPS) is 27.4. The van der Waals surface area contributed by atoms with Gasteiger partial charge in [-0.15, -0.1) is 0 Å². The Kier molecular flexibility index (Phi) is 5.73. The number of amides is 3. The summed E-state index contributed by atoms with van der Waals surface area (Å²) in [5.41, 5.74) is 0.537. The molecule has 8 nitrogen and oxygen atoms in total. The number of methoxy groups -OCH3 is 1. The quantitative estimate of drug-likeness (QED) is 0.528. The Morgan fingerprint density at radius 1 is 1.06 bits per heavy atom. The van der Waals surface area contributed by atoms with Gasteiger partial charge in [0.2, 0.25) is 11.8 Å². The Bertz CT molecular complexity index is 868. The van der Waals surface area contributed by atoms with Gasteiger partial charge in [-0.3, -0.25) is 19.3 Å². The second-order valence-electron chi connectivity index (χ2n) is 9.00. The highest BCUT2D eigenvalue weighted by Gasteiger charge is 2.62. The molecule has 2 aliphatic carbocycles. The molecule has 5 atom stereocenters. The van der Waals surface area contributed by atoms with E-state index in [0.29, 0.717) is 11.4 Å². The third kappa shape index (κ3) is 3.79. The number of imide groups is 1. The number of hydrogen-bond acceptors (Lipinski definition) is 6. The summed E-state index contributed by atoms with van der Waals surface area (Å²) in [5, 5.41) is 2.64. The number of carbonyl (C=O) groups is 4. The van der Waals surface area contributed by atoms with Gasteiger partial charge >= 0.3 is 5.97 Å². The van der Waals surface area contributed by atoms with Crippen LogP contribution < -0.4 is 10.1 Å². The zero-order valence-electron chi connectivity index (χ0n) is 18.0. The van der Waals surface area contributed by atoms with E-state index in [1.54, 1.807) is 45.2 Å². The molecule has 2 bridgehead atoms. The standard InChI is InChI=1S/C23H28N2O6/c1-12(2)20(25-21(27)18-13-4-5-14(10-13)19(18)22(25)28)23(29)31-11-17(26)24-15-6-8-16(30-3)9-7-15/h6-9,12-14,18-20H,4-5,10-11H2,1-3H3,(H,24,26)/t13-,14-,18-,19-,20-/m0/s1. The molecule has 4 rings (SSSR count). The molecule has 0 aromatic heterocycles. The second-order valence-corrected chi connectivity index (χ2v) is 9.00. The first-order valence-corrected chi connectivity index (χ1v) is 10.8. The zero-order valence-corrected chi connectivity index (χ0v) is 18.0. The minimum atomic E-state index is -1.02. The molecule has 1 aliphatic heterocycles. The van der Waals surface area contributed by atoms with Crippen LogP contribution in [-0.2, 0) is 23.9 Å². The van der Waals surface area contributed by atoms with E-state index in [2.05, 4.69) is 5.32 Å². The number of likely N-dealkylation sites (tertiary alicyclic amines) is 1. The Balaban J connectivity index is 1.39. The van der Waals surface area contributed by atoms with Crippen LogP contribution in [0.1, 0.15) is 33.1 Å². The lowest BCUT2D eigenvalue weighted by atomic mass is 9.81. The maximum atomic E-state index is 13.1. The summed E-state index contributed by atoms with van der Waals surface area (Å²) < 4.78 is 10.3. The first kappa shape index (κ1) is 21.3. The van der Waals surface area contributed by atoms with Crippen LogP contribution in [0.25, 0.3) is 0 Å². The number of fused-ring (bicyclic) bond motifs is 5. The number of nitrogens with one attached hydrogen (secondary N) is 1. The molecule has 8 heteroatoms. The predicted octanol–water partition coefficient (Wildman–Crippen LogP) is 2.23. The summed E-state index contributed by atoms with van der Waals surface area (Å²) in [6, 6.07) is 5.73. The van der Waals surface area contributed by atoms with Crippen LogP contribution in [0.2, 0.25) is 0 Å². The van der Waals surface area contributed by atoms with Crippen molar-refractivity contribution in [3.8, 4) is 5.75 Å². The third-order valence-electron chi connectivity index (χ3n) is 6.83. The highest BCUT2D eigenvalue weighted by molar-refractivity contribution is 6.08. The van der Waals surface area contributed by atoms with Gasteiger partial charge in [0.05, 0.1) is 18.9 Å². The van der Waals surface area contributed by atoms with Gasteiger partial charge in [-0.1, -0.05) is 13.8 Å². The fourth-order valence-electron chi connectivity index (χ4n) is 5.48. The molecule has 1 N–H and O–H groups in total. The molecule has 1 aromatic rings. The SMILES string of the molecule is COc1ccc(NC(=O)COC(=O)[C@H](C(C)C)N2C(=O)[C@H]3[C@H]4CC[C@@H](C4)[C@@H]3C2=O)cc1. The molecular weight excluding hydrogens is 400 g/mol. The molecule has 1 heterocycles. The van der Waals surface area contributed by atoms with E-state index in [9.17, 15) is 19.2 Å². The van der Waals surface area contributed by atoms with Crippen molar-refractivity contribution in [2.24, 2.45) is 29.6 Å². The van der Waals surface area contributed by atoms with Crippen molar-refractivity contribution >= 4 is 29.4 Å². The fourth-order valence-corrected chi connectivity index (χ4v) is 5.48. The van der Waals surface area contributed by atoms with E-state index in [0.717, 1.165) is 24.2 Å². The lowest BCUT2D eigenvalue weighted by Gasteiger charge is -2.28. The first-order chi connectivity index (χ1) is 14.8. The van der Waals surface area contributed by atoms with E-state index in [1.165, 1.54) is 0 Å². The van der Waals surface area contributed by atoms with Crippen LogP contribution in [0.5, 0.6) is 5.75 Å². The smallest absolute Gasteiger partial charge is 0.330 e. The minimum Gasteiger partial charge on any atom is -0.497 e. The number of benzene rings is 1. The number of rotatable bonds is 7. The molecule has 0 radical (unpaired) electrons. The van der Waals surface area contributed by atoms with Gasteiger partial charge in [0, 0.05) is 5.69 Å². The molecule has 0 unspecified atom stereocenters. The Hall–Kier alpha value is -2.90. The molecule has 3 amide bonds. The van der Waals surface area contributed by atoms with Crippen molar-refractivity contribution < 1.29 is 28.7 Å². The van der Waals surface area contributed by atoms with E-state index in [4.69, 9.17) is 9.47 Å². The average molecular weight is 428 g/mol. The number of hydrogen-bond donors (Lipinski definition) is 1. The summed E-state index contributed by atoms with van der Waals surface area (Å²) in [4.78, 5) is 52.3. The van der Waals surface area contributed by atoms with Crippen LogP contribution in [0.4, 0.5) is 5.69 Å². The third-order valence-corrected chi connectivity index (χ3v) is 6.83. The van der Waals surface area contributed by atoms with Crippen molar-refractivity contribution in [1.82, 2.24) is 4.90 Å². The minimum absolute atomic E-state index is 0.246. The highest BCUT2D eigenvalue weighted by Crippen LogP contribution is 2.56. The Labute approximate surface area is 181 Å².